The van der Waals surface area contributed by atoms with E-state index in [1.54, 1.807) is 19.1 Å². The summed E-state index contributed by atoms with van der Waals surface area (Å²) in [5.74, 6) is 0.501. The Labute approximate surface area is 124 Å². The maximum Gasteiger partial charge on any atom is 0.126 e. The van der Waals surface area contributed by atoms with Gasteiger partial charge in [-0.2, -0.15) is 0 Å². The molecular weight excluding hydrogens is 269 g/mol. The second-order valence-corrected chi connectivity index (χ2v) is 5.12. The Balaban J connectivity index is 1.77. The van der Waals surface area contributed by atoms with E-state index >= 15 is 0 Å². The summed E-state index contributed by atoms with van der Waals surface area (Å²) in [5.41, 5.74) is 2.52. The minimum absolute atomic E-state index is 0.205. The van der Waals surface area contributed by atoms with Gasteiger partial charge >= 0.3 is 0 Å². The van der Waals surface area contributed by atoms with Crippen LogP contribution in [-0.2, 0) is 0 Å². The van der Waals surface area contributed by atoms with Gasteiger partial charge < -0.3 is 15.2 Å². The molecule has 0 saturated carbocycles. The first kappa shape index (κ1) is 15.3. The van der Waals surface area contributed by atoms with Gasteiger partial charge in [0, 0.05) is 12.2 Å². The summed E-state index contributed by atoms with van der Waals surface area (Å²) in [6.45, 7) is 4.26. The van der Waals surface area contributed by atoms with E-state index in [0.717, 1.165) is 17.0 Å². The summed E-state index contributed by atoms with van der Waals surface area (Å²) in [6.07, 6.45) is -0.642. The molecule has 0 saturated heterocycles. The number of aryl methyl sites for hydroxylation is 2. The summed E-state index contributed by atoms with van der Waals surface area (Å²) in [5, 5.41) is 12.9. The number of nitrogens with one attached hydrogen (secondary N) is 1. The third-order valence-electron chi connectivity index (χ3n) is 3.16. The van der Waals surface area contributed by atoms with Crippen molar-refractivity contribution in [3.8, 4) is 5.75 Å². The van der Waals surface area contributed by atoms with Crippen LogP contribution in [0.1, 0.15) is 11.1 Å². The molecule has 2 aromatic rings. The predicted octanol–water partition coefficient (Wildman–Crippen LogP) is 3.29. The molecule has 0 spiro atoms. The first-order valence-electron chi connectivity index (χ1n) is 6.92. The van der Waals surface area contributed by atoms with Crippen LogP contribution in [0.15, 0.2) is 42.5 Å². The van der Waals surface area contributed by atoms with Gasteiger partial charge in [0.15, 0.2) is 0 Å². The number of halogens is 1. The van der Waals surface area contributed by atoms with Crippen molar-refractivity contribution in [3.63, 3.8) is 0 Å². The van der Waals surface area contributed by atoms with Crippen molar-refractivity contribution in [2.75, 3.05) is 18.5 Å². The smallest absolute Gasteiger partial charge is 0.126 e. The van der Waals surface area contributed by atoms with Gasteiger partial charge in [-0.15, -0.1) is 0 Å². The topological polar surface area (TPSA) is 41.5 Å². The second kappa shape index (κ2) is 7.09. The Morgan fingerprint density at radius 1 is 1.14 bits per heavy atom. The highest BCUT2D eigenvalue weighted by atomic mass is 19.1. The van der Waals surface area contributed by atoms with E-state index in [1.807, 2.05) is 31.2 Å². The maximum absolute atomic E-state index is 13.1. The van der Waals surface area contributed by atoms with E-state index in [-0.39, 0.29) is 12.4 Å². The highest BCUT2D eigenvalue weighted by molar-refractivity contribution is 5.46. The fraction of sp³-hybridized carbons (Fsp3) is 0.294. The van der Waals surface area contributed by atoms with Gasteiger partial charge in [0.25, 0.3) is 0 Å². The van der Waals surface area contributed by atoms with E-state index in [9.17, 15) is 9.50 Å². The molecule has 0 aliphatic heterocycles. The van der Waals surface area contributed by atoms with Gasteiger partial charge in [-0.1, -0.05) is 17.7 Å². The molecule has 0 aliphatic rings. The van der Waals surface area contributed by atoms with Crippen LogP contribution in [0.25, 0.3) is 0 Å². The maximum atomic E-state index is 13.1. The van der Waals surface area contributed by atoms with Crippen LogP contribution in [-0.4, -0.2) is 24.4 Å². The van der Waals surface area contributed by atoms with Crippen LogP contribution < -0.4 is 10.1 Å². The standard InChI is InChI=1S/C17H20FNO2/c1-12-3-6-16(7-4-12)21-11-15(20)10-19-14-5-8-17(18)13(2)9-14/h3-9,15,19-20H,10-11H2,1-2H3. The van der Waals surface area contributed by atoms with Gasteiger partial charge in [0.05, 0.1) is 0 Å². The number of aliphatic hydroxyl groups excluding tert-OH is 1. The lowest BCUT2D eigenvalue weighted by Crippen LogP contribution is -2.26. The lowest BCUT2D eigenvalue weighted by Gasteiger charge is -2.14. The predicted molar refractivity (Wildman–Crippen MR) is 82.3 cm³/mol. The van der Waals surface area contributed by atoms with Gasteiger partial charge in [0.2, 0.25) is 0 Å². The molecule has 0 heterocycles. The van der Waals surface area contributed by atoms with Crippen molar-refractivity contribution in [1.82, 2.24) is 0 Å². The SMILES string of the molecule is Cc1ccc(OCC(O)CNc2ccc(F)c(C)c2)cc1. The number of ether oxygens (including phenoxy) is 1. The van der Waals surface area contributed by atoms with Crippen molar-refractivity contribution >= 4 is 5.69 Å². The van der Waals surface area contributed by atoms with Gasteiger partial charge in [0.1, 0.15) is 24.3 Å². The average molecular weight is 289 g/mol. The average Bonchev–Trinajstić information content (AvgIpc) is 2.48. The lowest BCUT2D eigenvalue weighted by molar-refractivity contribution is 0.117. The van der Waals surface area contributed by atoms with Crippen molar-refractivity contribution in [2.45, 2.75) is 20.0 Å². The molecule has 1 unspecified atom stereocenters. The first-order chi connectivity index (χ1) is 10.0. The molecule has 112 valence electrons. The molecule has 0 amide bonds. The molecule has 2 N–H and O–H groups in total. The Hall–Kier alpha value is -2.07. The van der Waals surface area contributed by atoms with Crippen molar-refractivity contribution in [3.05, 3.63) is 59.4 Å². The monoisotopic (exact) mass is 289 g/mol. The highest BCUT2D eigenvalue weighted by Crippen LogP contribution is 2.14. The Bertz CT molecular complexity index is 584. The van der Waals surface area contributed by atoms with Crippen LogP contribution >= 0.6 is 0 Å². The molecule has 0 radical (unpaired) electrons. The summed E-state index contributed by atoms with van der Waals surface area (Å²) in [7, 11) is 0. The number of anilines is 1. The molecule has 0 bridgehead atoms. The van der Waals surface area contributed by atoms with Crippen LogP contribution in [0.4, 0.5) is 10.1 Å². The van der Waals surface area contributed by atoms with Crippen LogP contribution in [0.2, 0.25) is 0 Å². The van der Waals surface area contributed by atoms with Crippen molar-refractivity contribution in [2.24, 2.45) is 0 Å². The van der Waals surface area contributed by atoms with Gasteiger partial charge in [-0.05, 0) is 49.7 Å². The number of rotatable bonds is 6. The number of benzene rings is 2. The highest BCUT2D eigenvalue weighted by Gasteiger charge is 2.06. The molecule has 2 aromatic carbocycles. The zero-order chi connectivity index (χ0) is 15.2. The number of hydrogen-bond acceptors (Lipinski definition) is 3. The molecule has 0 fully saturated rings. The van der Waals surface area contributed by atoms with E-state index < -0.39 is 6.10 Å². The summed E-state index contributed by atoms with van der Waals surface area (Å²) in [6, 6.07) is 12.4. The molecule has 1 atom stereocenters. The third kappa shape index (κ3) is 4.76. The van der Waals surface area contributed by atoms with Crippen molar-refractivity contribution in [1.29, 1.82) is 0 Å². The zero-order valence-corrected chi connectivity index (χ0v) is 12.3. The van der Waals surface area contributed by atoms with E-state index in [2.05, 4.69) is 5.32 Å². The quantitative estimate of drug-likeness (QED) is 0.857. The normalized spacial score (nSPS) is 12.0. The van der Waals surface area contributed by atoms with Crippen molar-refractivity contribution < 1.29 is 14.2 Å². The fourth-order valence-corrected chi connectivity index (χ4v) is 1.88. The molecule has 21 heavy (non-hydrogen) atoms. The Morgan fingerprint density at radius 2 is 1.86 bits per heavy atom. The molecule has 0 aromatic heterocycles. The van der Waals surface area contributed by atoms with E-state index in [4.69, 9.17) is 4.74 Å². The Kier molecular flexibility index (Phi) is 5.17. The summed E-state index contributed by atoms with van der Waals surface area (Å²) in [4.78, 5) is 0. The van der Waals surface area contributed by atoms with Gasteiger partial charge in [-0.25, -0.2) is 4.39 Å². The van der Waals surface area contributed by atoms with Crippen LogP contribution in [0, 0.1) is 19.7 Å². The number of aliphatic hydroxyl groups is 1. The molecule has 2 rings (SSSR count). The van der Waals surface area contributed by atoms with E-state index in [0.29, 0.717) is 12.1 Å². The fourth-order valence-electron chi connectivity index (χ4n) is 1.88. The minimum atomic E-state index is -0.642. The lowest BCUT2D eigenvalue weighted by atomic mass is 10.2. The largest absolute Gasteiger partial charge is 0.491 e. The minimum Gasteiger partial charge on any atom is -0.491 e. The third-order valence-corrected chi connectivity index (χ3v) is 3.16. The Morgan fingerprint density at radius 3 is 2.52 bits per heavy atom. The molecule has 4 heteroatoms. The molecule has 3 nitrogen and oxygen atoms in total. The molecular formula is C17H20FNO2. The van der Waals surface area contributed by atoms with E-state index in [1.165, 1.54) is 6.07 Å². The zero-order valence-electron chi connectivity index (χ0n) is 12.3. The summed E-state index contributed by atoms with van der Waals surface area (Å²) >= 11 is 0. The van der Waals surface area contributed by atoms with Crippen LogP contribution in [0.5, 0.6) is 5.75 Å². The summed E-state index contributed by atoms with van der Waals surface area (Å²) < 4.78 is 18.6. The van der Waals surface area contributed by atoms with Gasteiger partial charge in [-0.3, -0.25) is 0 Å². The van der Waals surface area contributed by atoms with Crippen LogP contribution in [0.3, 0.4) is 0 Å². The number of hydrogen-bond donors (Lipinski definition) is 2. The second-order valence-electron chi connectivity index (χ2n) is 5.12. The molecule has 0 aliphatic carbocycles. The first-order valence-corrected chi connectivity index (χ1v) is 6.92.